The number of hydrogen-bond acceptors (Lipinski definition) is 7. The summed E-state index contributed by atoms with van der Waals surface area (Å²) in [5, 5.41) is 15.3. The number of halogens is 1. The molecule has 1 heterocycles. The highest BCUT2D eigenvalue weighted by molar-refractivity contribution is 8.18. The fourth-order valence-corrected chi connectivity index (χ4v) is 3.19. The summed E-state index contributed by atoms with van der Waals surface area (Å²) in [7, 11) is 0. The fourth-order valence-electron chi connectivity index (χ4n) is 2.33. The molecule has 0 radical (unpaired) electrons. The van der Waals surface area contributed by atoms with Crippen molar-refractivity contribution in [3.05, 3.63) is 68.1 Å². The molecule has 1 fully saturated rings. The van der Waals surface area contributed by atoms with Crippen molar-refractivity contribution < 1.29 is 24.0 Å². The maximum absolute atomic E-state index is 12.1. The zero-order chi connectivity index (χ0) is 21.0. The van der Waals surface area contributed by atoms with Crippen molar-refractivity contribution in [1.82, 2.24) is 5.32 Å². The van der Waals surface area contributed by atoms with Crippen LogP contribution in [0, 0.1) is 10.1 Å². The van der Waals surface area contributed by atoms with E-state index in [1.165, 1.54) is 42.5 Å². The maximum atomic E-state index is 12.1. The highest BCUT2D eigenvalue weighted by Gasteiger charge is 2.25. The van der Waals surface area contributed by atoms with Crippen LogP contribution in [0.5, 0.6) is 5.75 Å². The number of nitro groups is 1. The SMILES string of the molecule is O=C(COc1ccc(Cl)cc1/C=C1\SC(=O)NC1=O)Nc1ccc([N+](=O)[O-])cc1. The van der Waals surface area contributed by atoms with Gasteiger partial charge in [-0.15, -0.1) is 0 Å². The van der Waals surface area contributed by atoms with Gasteiger partial charge in [0.25, 0.3) is 22.7 Å². The van der Waals surface area contributed by atoms with Gasteiger partial charge in [-0.3, -0.25) is 29.8 Å². The summed E-state index contributed by atoms with van der Waals surface area (Å²) in [5.74, 6) is -0.731. The van der Waals surface area contributed by atoms with E-state index in [0.29, 0.717) is 16.3 Å². The second kappa shape index (κ2) is 8.76. The summed E-state index contributed by atoms with van der Waals surface area (Å²) in [5.41, 5.74) is 0.707. The van der Waals surface area contributed by atoms with Gasteiger partial charge in [-0.25, -0.2) is 0 Å². The number of non-ortho nitro benzene ring substituents is 1. The molecule has 3 rings (SSSR count). The molecule has 0 saturated carbocycles. The molecule has 2 N–H and O–H groups in total. The van der Waals surface area contributed by atoms with Gasteiger partial charge >= 0.3 is 0 Å². The minimum absolute atomic E-state index is 0.0922. The Morgan fingerprint density at radius 3 is 2.59 bits per heavy atom. The number of thioether (sulfide) groups is 1. The summed E-state index contributed by atoms with van der Waals surface area (Å²) < 4.78 is 5.51. The van der Waals surface area contributed by atoms with E-state index in [9.17, 15) is 24.5 Å². The number of benzene rings is 2. The van der Waals surface area contributed by atoms with E-state index in [1.54, 1.807) is 6.07 Å². The number of nitro benzene ring substituents is 1. The predicted molar refractivity (Wildman–Crippen MR) is 108 cm³/mol. The lowest BCUT2D eigenvalue weighted by atomic mass is 10.2. The van der Waals surface area contributed by atoms with Gasteiger partial charge < -0.3 is 10.1 Å². The second-order valence-corrected chi connectivity index (χ2v) is 7.13. The third-order valence-electron chi connectivity index (χ3n) is 3.62. The zero-order valence-electron chi connectivity index (χ0n) is 14.5. The van der Waals surface area contributed by atoms with Crippen LogP contribution in [0.2, 0.25) is 5.02 Å². The van der Waals surface area contributed by atoms with Crippen molar-refractivity contribution in [3.8, 4) is 5.75 Å². The first kappa shape index (κ1) is 20.4. The molecule has 11 heteroatoms. The molecule has 0 atom stereocenters. The smallest absolute Gasteiger partial charge is 0.290 e. The van der Waals surface area contributed by atoms with Gasteiger partial charge in [0, 0.05) is 28.4 Å². The highest BCUT2D eigenvalue weighted by Crippen LogP contribution is 2.30. The molecule has 0 spiro atoms. The maximum Gasteiger partial charge on any atom is 0.290 e. The lowest BCUT2D eigenvalue weighted by molar-refractivity contribution is -0.384. The van der Waals surface area contributed by atoms with Crippen molar-refractivity contribution in [1.29, 1.82) is 0 Å². The van der Waals surface area contributed by atoms with Crippen LogP contribution >= 0.6 is 23.4 Å². The fraction of sp³-hybridized carbons (Fsp3) is 0.0556. The van der Waals surface area contributed by atoms with Crippen molar-refractivity contribution >= 4 is 57.9 Å². The second-order valence-electron chi connectivity index (χ2n) is 5.68. The number of imide groups is 1. The molecule has 1 aliphatic heterocycles. The van der Waals surface area contributed by atoms with Crippen LogP contribution < -0.4 is 15.4 Å². The van der Waals surface area contributed by atoms with E-state index < -0.39 is 22.0 Å². The molecule has 0 aliphatic carbocycles. The number of hydrogen-bond donors (Lipinski definition) is 2. The van der Waals surface area contributed by atoms with Gasteiger partial charge in [0.2, 0.25) is 0 Å². The Morgan fingerprint density at radius 2 is 1.97 bits per heavy atom. The average molecular weight is 434 g/mol. The van der Waals surface area contributed by atoms with Gasteiger partial charge in [-0.1, -0.05) is 11.6 Å². The van der Waals surface area contributed by atoms with E-state index in [1.807, 2.05) is 0 Å². The van der Waals surface area contributed by atoms with E-state index in [-0.39, 0.29) is 22.9 Å². The topological polar surface area (TPSA) is 128 Å². The molecular weight excluding hydrogens is 422 g/mol. The number of nitrogens with one attached hydrogen (secondary N) is 2. The summed E-state index contributed by atoms with van der Waals surface area (Å²) in [6.07, 6.45) is 1.44. The predicted octanol–water partition coefficient (Wildman–Crippen LogP) is 3.59. The summed E-state index contributed by atoms with van der Waals surface area (Å²) in [6.45, 7) is -0.354. The van der Waals surface area contributed by atoms with Crippen LogP contribution in [0.4, 0.5) is 16.2 Å². The molecular formula is C18H12ClN3O6S. The van der Waals surface area contributed by atoms with Gasteiger partial charge in [0.05, 0.1) is 9.83 Å². The first-order chi connectivity index (χ1) is 13.8. The lowest BCUT2D eigenvalue weighted by Gasteiger charge is -2.10. The monoisotopic (exact) mass is 433 g/mol. The summed E-state index contributed by atoms with van der Waals surface area (Å²) >= 11 is 6.73. The van der Waals surface area contributed by atoms with Crippen LogP contribution in [0.15, 0.2) is 47.4 Å². The highest BCUT2D eigenvalue weighted by atomic mass is 35.5. The Bertz CT molecular complexity index is 1040. The van der Waals surface area contributed by atoms with Crippen LogP contribution in [0.1, 0.15) is 5.56 Å². The van der Waals surface area contributed by atoms with Crippen molar-refractivity contribution in [3.63, 3.8) is 0 Å². The average Bonchev–Trinajstić information content (AvgIpc) is 2.98. The Kier molecular flexibility index (Phi) is 6.15. The van der Waals surface area contributed by atoms with E-state index in [2.05, 4.69) is 10.6 Å². The van der Waals surface area contributed by atoms with Crippen LogP contribution in [0.25, 0.3) is 6.08 Å². The van der Waals surface area contributed by atoms with Crippen molar-refractivity contribution in [2.45, 2.75) is 0 Å². The third-order valence-corrected chi connectivity index (χ3v) is 4.67. The molecule has 9 nitrogen and oxygen atoms in total. The number of amides is 3. The number of ether oxygens (including phenoxy) is 1. The Hall–Kier alpha value is -3.37. The third kappa shape index (κ3) is 5.33. The Balaban J connectivity index is 1.68. The largest absolute Gasteiger partial charge is 0.483 e. The molecule has 2 aromatic rings. The first-order valence-corrected chi connectivity index (χ1v) is 9.23. The molecule has 2 aromatic carbocycles. The van der Waals surface area contributed by atoms with Crippen LogP contribution in [0.3, 0.4) is 0 Å². The summed E-state index contributed by atoms with van der Waals surface area (Å²) in [6, 6.07) is 9.97. The molecule has 29 heavy (non-hydrogen) atoms. The van der Waals surface area contributed by atoms with Crippen molar-refractivity contribution in [2.24, 2.45) is 0 Å². The minimum Gasteiger partial charge on any atom is -0.483 e. The number of rotatable bonds is 6. The van der Waals surface area contributed by atoms with Gasteiger partial charge in [0.15, 0.2) is 6.61 Å². The standard InChI is InChI=1S/C18H12ClN3O6S/c19-11-1-6-14(10(7-11)8-15-17(24)21-18(25)29-15)28-9-16(23)20-12-2-4-13(5-3-12)22(26)27/h1-8H,9H2,(H,20,23)(H,21,24,25)/b15-8-. The first-order valence-electron chi connectivity index (χ1n) is 8.03. The van der Waals surface area contributed by atoms with Crippen molar-refractivity contribution in [2.75, 3.05) is 11.9 Å². The van der Waals surface area contributed by atoms with Gasteiger partial charge in [-0.2, -0.15) is 0 Å². The number of nitrogens with zero attached hydrogens (tertiary/aromatic N) is 1. The van der Waals surface area contributed by atoms with E-state index in [4.69, 9.17) is 16.3 Å². The molecule has 0 unspecified atom stereocenters. The van der Waals surface area contributed by atoms with Gasteiger partial charge in [0.1, 0.15) is 5.75 Å². The summed E-state index contributed by atoms with van der Waals surface area (Å²) in [4.78, 5) is 45.4. The van der Waals surface area contributed by atoms with Gasteiger partial charge in [-0.05, 0) is 48.2 Å². The van der Waals surface area contributed by atoms with Crippen LogP contribution in [-0.2, 0) is 9.59 Å². The zero-order valence-corrected chi connectivity index (χ0v) is 16.1. The molecule has 0 aromatic heterocycles. The number of carbonyl (C=O) groups is 3. The molecule has 1 saturated heterocycles. The lowest BCUT2D eigenvalue weighted by Crippen LogP contribution is -2.20. The van der Waals surface area contributed by atoms with E-state index in [0.717, 1.165) is 11.8 Å². The molecule has 148 valence electrons. The van der Waals surface area contributed by atoms with Crippen LogP contribution in [-0.4, -0.2) is 28.6 Å². The number of anilines is 1. The normalized spacial score (nSPS) is 14.6. The molecule has 0 bridgehead atoms. The minimum atomic E-state index is -0.540. The Labute approximate surface area is 173 Å². The molecule has 1 aliphatic rings. The van der Waals surface area contributed by atoms with E-state index >= 15 is 0 Å². The molecule has 3 amide bonds. The quantitative estimate of drug-likeness (QED) is 0.404. The number of carbonyl (C=O) groups excluding carboxylic acids is 3. The Morgan fingerprint density at radius 1 is 1.24 bits per heavy atom.